The molecule has 1 aromatic heterocycles. The van der Waals surface area contributed by atoms with Gasteiger partial charge < -0.3 is 15.4 Å². The van der Waals surface area contributed by atoms with Gasteiger partial charge in [-0.3, -0.25) is 4.98 Å². The lowest BCUT2D eigenvalue weighted by Crippen LogP contribution is -2.69. The van der Waals surface area contributed by atoms with Gasteiger partial charge in [-0.25, -0.2) is 0 Å². The molecule has 4 nitrogen and oxygen atoms in total. The number of aromatic nitrogens is 1. The van der Waals surface area contributed by atoms with Crippen LogP contribution in [0.3, 0.4) is 0 Å². The molecule has 2 aliphatic rings. The van der Waals surface area contributed by atoms with Gasteiger partial charge in [0.1, 0.15) is 5.75 Å². The average Bonchev–Trinajstić information content (AvgIpc) is 2.31. The van der Waals surface area contributed by atoms with Crippen LogP contribution in [0.4, 0.5) is 0 Å². The van der Waals surface area contributed by atoms with Crippen LogP contribution in [0.15, 0.2) is 18.5 Å². The Bertz CT molecular complexity index is 396. The zero-order chi connectivity index (χ0) is 11.0. The number of methoxy groups -OCH3 is 1. The third kappa shape index (κ3) is 1.33. The number of fused-ring (bicyclic) bond motifs is 1. The standard InChI is InChI=1S/C12H17N3O/c1-16-11-4-10(5-14-7-11)12-8-13-3-2-9(12)6-15-12/h4-5,7,9,13,15H,2-3,6,8H2,1H3/t9-,12+/m1/s1. The summed E-state index contributed by atoms with van der Waals surface area (Å²) in [5, 5.41) is 7.03. The minimum Gasteiger partial charge on any atom is -0.495 e. The van der Waals surface area contributed by atoms with Crippen LogP contribution in [0.1, 0.15) is 12.0 Å². The number of rotatable bonds is 2. The van der Waals surface area contributed by atoms with E-state index in [1.54, 1.807) is 13.3 Å². The molecule has 3 heterocycles. The summed E-state index contributed by atoms with van der Waals surface area (Å²) in [7, 11) is 1.68. The van der Waals surface area contributed by atoms with E-state index in [2.05, 4.69) is 21.7 Å². The van der Waals surface area contributed by atoms with Gasteiger partial charge in [-0.2, -0.15) is 0 Å². The maximum absolute atomic E-state index is 5.24. The number of piperidine rings is 1. The maximum atomic E-state index is 5.24. The molecule has 0 amide bonds. The Morgan fingerprint density at radius 1 is 1.50 bits per heavy atom. The summed E-state index contributed by atoms with van der Waals surface area (Å²) in [6.07, 6.45) is 4.95. The lowest BCUT2D eigenvalue weighted by Gasteiger charge is -2.54. The van der Waals surface area contributed by atoms with E-state index in [-0.39, 0.29) is 5.54 Å². The third-order valence-electron chi connectivity index (χ3n) is 3.90. The van der Waals surface area contributed by atoms with E-state index in [1.807, 2.05) is 6.20 Å². The van der Waals surface area contributed by atoms with E-state index in [1.165, 1.54) is 12.0 Å². The van der Waals surface area contributed by atoms with Crippen LogP contribution in [0, 0.1) is 5.92 Å². The number of nitrogens with zero attached hydrogens (tertiary/aromatic N) is 1. The number of hydrogen-bond donors (Lipinski definition) is 2. The van der Waals surface area contributed by atoms with Gasteiger partial charge in [0.2, 0.25) is 0 Å². The molecule has 1 aromatic rings. The van der Waals surface area contributed by atoms with Crippen molar-refractivity contribution in [3.05, 3.63) is 24.0 Å². The molecule has 2 fully saturated rings. The Kier molecular flexibility index (Phi) is 2.33. The molecule has 0 unspecified atom stereocenters. The molecule has 0 bridgehead atoms. The van der Waals surface area contributed by atoms with Gasteiger partial charge in [0.05, 0.1) is 18.8 Å². The van der Waals surface area contributed by atoms with Crippen LogP contribution in [-0.2, 0) is 5.54 Å². The fraction of sp³-hybridized carbons (Fsp3) is 0.583. The minimum absolute atomic E-state index is 0.0970. The predicted molar refractivity (Wildman–Crippen MR) is 61.4 cm³/mol. The molecule has 2 aliphatic heterocycles. The van der Waals surface area contributed by atoms with Crippen LogP contribution in [0.25, 0.3) is 0 Å². The summed E-state index contributed by atoms with van der Waals surface area (Å²) in [5.74, 6) is 1.58. The van der Waals surface area contributed by atoms with E-state index in [9.17, 15) is 0 Å². The average molecular weight is 219 g/mol. The number of pyridine rings is 1. The molecular weight excluding hydrogens is 202 g/mol. The molecule has 4 heteroatoms. The first-order valence-corrected chi connectivity index (χ1v) is 5.80. The Hall–Kier alpha value is -1.13. The molecule has 16 heavy (non-hydrogen) atoms. The topological polar surface area (TPSA) is 46.2 Å². The van der Waals surface area contributed by atoms with Crippen LogP contribution >= 0.6 is 0 Å². The molecule has 0 saturated carbocycles. The fourth-order valence-corrected chi connectivity index (χ4v) is 2.82. The highest BCUT2D eigenvalue weighted by atomic mass is 16.5. The second-order valence-corrected chi connectivity index (χ2v) is 4.63. The summed E-state index contributed by atoms with van der Waals surface area (Å²) in [6, 6.07) is 2.10. The molecular formula is C12H17N3O. The number of ether oxygens (including phenoxy) is 1. The first-order chi connectivity index (χ1) is 7.85. The molecule has 0 radical (unpaired) electrons. The first-order valence-electron chi connectivity index (χ1n) is 5.80. The van der Waals surface area contributed by atoms with Crippen LogP contribution < -0.4 is 15.4 Å². The Labute approximate surface area is 95.4 Å². The second kappa shape index (κ2) is 3.71. The van der Waals surface area contributed by atoms with Crippen molar-refractivity contribution in [2.24, 2.45) is 5.92 Å². The molecule has 86 valence electrons. The van der Waals surface area contributed by atoms with Gasteiger partial charge in [-0.1, -0.05) is 0 Å². The molecule has 2 atom stereocenters. The third-order valence-corrected chi connectivity index (χ3v) is 3.90. The molecule has 0 spiro atoms. The van der Waals surface area contributed by atoms with E-state index in [0.717, 1.165) is 31.3 Å². The molecule has 0 aliphatic carbocycles. The predicted octanol–water partition coefficient (Wildman–Crippen LogP) is 0.498. The zero-order valence-corrected chi connectivity index (χ0v) is 9.49. The van der Waals surface area contributed by atoms with Gasteiger partial charge in [-0.15, -0.1) is 0 Å². The van der Waals surface area contributed by atoms with Gasteiger partial charge in [0.15, 0.2) is 0 Å². The first kappa shape index (κ1) is 10.1. The SMILES string of the molecule is COc1cncc([C@]23CNCC[C@@H]2CN3)c1. The van der Waals surface area contributed by atoms with Crippen molar-refractivity contribution in [2.75, 3.05) is 26.7 Å². The van der Waals surface area contributed by atoms with Crippen molar-refractivity contribution in [1.29, 1.82) is 0 Å². The monoisotopic (exact) mass is 219 g/mol. The summed E-state index contributed by atoms with van der Waals surface area (Å²) < 4.78 is 5.24. The smallest absolute Gasteiger partial charge is 0.137 e. The number of nitrogens with one attached hydrogen (secondary N) is 2. The zero-order valence-electron chi connectivity index (χ0n) is 9.49. The summed E-state index contributed by atoms with van der Waals surface area (Å²) >= 11 is 0. The largest absolute Gasteiger partial charge is 0.495 e. The van der Waals surface area contributed by atoms with Crippen molar-refractivity contribution >= 4 is 0 Å². The lowest BCUT2D eigenvalue weighted by atomic mass is 9.68. The van der Waals surface area contributed by atoms with E-state index in [4.69, 9.17) is 4.74 Å². The highest BCUT2D eigenvalue weighted by Gasteiger charge is 2.49. The second-order valence-electron chi connectivity index (χ2n) is 4.63. The van der Waals surface area contributed by atoms with Crippen LogP contribution in [0.5, 0.6) is 5.75 Å². The Balaban J connectivity index is 1.95. The maximum Gasteiger partial charge on any atom is 0.137 e. The van der Waals surface area contributed by atoms with Crippen molar-refractivity contribution in [2.45, 2.75) is 12.0 Å². The van der Waals surface area contributed by atoms with E-state index >= 15 is 0 Å². The van der Waals surface area contributed by atoms with Crippen molar-refractivity contribution in [3.8, 4) is 5.75 Å². The van der Waals surface area contributed by atoms with Gasteiger partial charge in [0, 0.05) is 19.3 Å². The number of hydrogen-bond acceptors (Lipinski definition) is 4. The highest BCUT2D eigenvalue weighted by Crippen LogP contribution is 2.40. The molecule has 2 N–H and O–H groups in total. The molecule has 2 saturated heterocycles. The van der Waals surface area contributed by atoms with Crippen molar-refractivity contribution < 1.29 is 4.74 Å². The van der Waals surface area contributed by atoms with E-state index < -0.39 is 0 Å². The van der Waals surface area contributed by atoms with Gasteiger partial charge in [0.25, 0.3) is 0 Å². The van der Waals surface area contributed by atoms with Crippen molar-refractivity contribution in [3.63, 3.8) is 0 Å². The van der Waals surface area contributed by atoms with Gasteiger partial charge in [-0.05, 0) is 30.5 Å². The lowest BCUT2D eigenvalue weighted by molar-refractivity contribution is 0.0619. The van der Waals surface area contributed by atoms with Crippen LogP contribution in [0.2, 0.25) is 0 Å². The van der Waals surface area contributed by atoms with Gasteiger partial charge >= 0.3 is 0 Å². The molecule has 3 rings (SSSR count). The summed E-state index contributed by atoms with van der Waals surface area (Å²) in [4.78, 5) is 4.25. The van der Waals surface area contributed by atoms with Crippen LogP contribution in [-0.4, -0.2) is 31.7 Å². The quantitative estimate of drug-likeness (QED) is 0.760. The normalized spacial score (nSPS) is 32.7. The summed E-state index contributed by atoms with van der Waals surface area (Å²) in [5.41, 5.74) is 1.34. The highest BCUT2D eigenvalue weighted by molar-refractivity contribution is 5.33. The Morgan fingerprint density at radius 2 is 2.44 bits per heavy atom. The minimum atomic E-state index is 0.0970. The molecule has 0 aromatic carbocycles. The fourth-order valence-electron chi connectivity index (χ4n) is 2.82. The summed E-state index contributed by atoms with van der Waals surface area (Å²) in [6.45, 7) is 3.25. The van der Waals surface area contributed by atoms with E-state index in [0.29, 0.717) is 0 Å². The Morgan fingerprint density at radius 3 is 3.12 bits per heavy atom. The van der Waals surface area contributed by atoms with Crippen molar-refractivity contribution in [1.82, 2.24) is 15.6 Å².